The van der Waals surface area contributed by atoms with E-state index in [0.29, 0.717) is 0 Å². The van der Waals surface area contributed by atoms with Crippen LogP contribution in [-0.4, -0.2) is 5.11 Å². The zero-order valence-electron chi connectivity index (χ0n) is 14.4. The zero-order chi connectivity index (χ0) is 17.5. The van der Waals surface area contributed by atoms with Crippen LogP contribution in [0, 0.1) is 0 Å². The van der Waals surface area contributed by atoms with Crippen molar-refractivity contribution in [3.05, 3.63) is 35.9 Å². The molecule has 0 spiro atoms. The second-order valence-electron chi connectivity index (χ2n) is 2.70. The monoisotopic (exact) mass is 484 g/mol. The molecule has 1 rings (SSSR count). The van der Waals surface area contributed by atoms with Crippen molar-refractivity contribution < 1.29 is 170 Å². The third kappa shape index (κ3) is 41.7. The van der Waals surface area contributed by atoms with Crippen LogP contribution in [0.1, 0.15) is 5.56 Å². The molecule has 0 aliphatic heterocycles. The summed E-state index contributed by atoms with van der Waals surface area (Å²) in [5.74, 6) is 0. The summed E-state index contributed by atoms with van der Waals surface area (Å²) in [6.45, 7) is 0.140. The normalized spacial score (nSPS) is 10.0. The Morgan fingerprint density at radius 3 is 1.08 bits per heavy atom. The van der Waals surface area contributed by atoms with Crippen molar-refractivity contribution in [2.24, 2.45) is 0 Å². The zero-order valence-corrected chi connectivity index (χ0v) is 26.0. The molecular formula is C7H8Na4O11P4+4. The van der Waals surface area contributed by atoms with Crippen molar-refractivity contribution in [2.45, 2.75) is 6.61 Å². The summed E-state index contributed by atoms with van der Waals surface area (Å²) in [5.41, 5.74) is 0.965. The quantitative estimate of drug-likeness (QED) is 0.308. The summed E-state index contributed by atoms with van der Waals surface area (Å²) in [7, 11) is -12.9. The van der Waals surface area contributed by atoms with Gasteiger partial charge in [-0.15, -0.1) is 0 Å². The molecule has 0 radical (unpaired) electrons. The minimum absolute atomic E-state index is 0. The predicted octanol–water partition coefficient (Wildman–Crippen LogP) is -12.7. The first-order valence-corrected chi connectivity index (χ1v) is 9.15. The molecule has 4 unspecified atom stereocenters. The van der Waals surface area contributed by atoms with Crippen LogP contribution in [0.25, 0.3) is 0 Å². The predicted molar refractivity (Wildman–Crippen MR) is 65.0 cm³/mol. The van der Waals surface area contributed by atoms with E-state index in [1.807, 2.05) is 30.3 Å². The van der Waals surface area contributed by atoms with Crippen LogP contribution in [0.2, 0.25) is 0 Å². The van der Waals surface area contributed by atoms with Gasteiger partial charge in [0.15, 0.2) is 0 Å². The number of aliphatic hydroxyl groups excluding tert-OH is 1. The van der Waals surface area contributed by atoms with Gasteiger partial charge in [-0.05, 0) is 23.8 Å². The third-order valence-corrected chi connectivity index (χ3v) is 3.43. The van der Waals surface area contributed by atoms with Gasteiger partial charge in [-0.25, -0.2) is 0 Å². The van der Waals surface area contributed by atoms with Crippen molar-refractivity contribution in [2.75, 3.05) is 0 Å². The van der Waals surface area contributed by atoms with E-state index in [-0.39, 0.29) is 125 Å². The van der Waals surface area contributed by atoms with Gasteiger partial charge in [0.2, 0.25) is 0 Å². The minimum Gasteiger partial charge on any atom is -0.563 e. The Bertz CT molecular complexity index is 459. The average molecular weight is 484 g/mol. The molecule has 1 N–H and O–H groups in total. The summed E-state index contributed by atoms with van der Waals surface area (Å²) in [5, 5.41) is 8.54. The van der Waals surface area contributed by atoms with Crippen LogP contribution in [0.5, 0.6) is 0 Å². The Hall–Kier alpha value is 3.34. The molecule has 0 aromatic heterocycles. The first kappa shape index (κ1) is 43.3. The van der Waals surface area contributed by atoms with Crippen molar-refractivity contribution in [3.63, 3.8) is 0 Å². The molecule has 122 valence electrons. The first-order chi connectivity index (χ1) is 10.2. The second-order valence-corrected chi connectivity index (χ2v) is 5.80. The van der Waals surface area contributed by atoms with Crippen LogP contribution >= 0.6 is 33.0 Å². The molecule has 19 heteroatoms. The molecule has 0 aliphatic rings. The van der Waals surface area contributed by atoms with E-state index >= 15 is 0 Å². The fourth-order valence-corrected chi connectivity index (χ4v) is 1.56. The smallest absolute Gasteiger partial charge is 0.563 e. The maximum Gasteiger partial charge on any atom is 1.00 e. The molecule has 0 heterocycles. The largest absolute Gasteiger partial charge is 1.00 e. The topological polar surface area (TPSA) is 199 Å². The first-order valence-electron chi connectivity index (χ1n) is 4.77. The number of aliphatic hydroxyl groups is 1. The number of hydrogen-bond donors (Lipinski definition) is 1. The van der Waals surface area contributed by atoms with Crippen molar-refractivity contribution in [1.29, 1.82) is 0 Å². The van der Waals surface area contributed by atoms with E-state index in [2.05, 4.69) is 8.62 Å². The maximum atomic E-state index is 9.24. The fraction of sp³-hybridized carbons (Fsp3) is 0.143. The number of hydrogen-bond acceptors (Lipinski definition) is 11. The third-order valence-electron chi connectivity index (χ3n) is 1.29. The van der Waals surface area contributed by atoms with E-state index < -0.39 is 33.0 Å². The van der Waals surface area contributed by atoms with Gasteiger partial charge < -0.3 is 24.7 Å². The molecule has 0 saturated heterocycles. The SMILES string of the molecule is O=[P+]([O-])O[P+](=O)[O-].O=[P+]([O-])O[P+](=O)[O-].OCc1ccccc1.[Na+].[Na+].[Na+].[Na+]. The molecule has 0 bridgehead atoms. The molecule has 11 nitrogen and oxygen atoms in total. The molecule has 1 aromatic rings. The molecule has 0 amide bonds. The van der Waals surface area contributed by atoms with E-state index in [0.717, 1.165) is 5.56 Å². The van der Waals surface area contributed by atoms with Crippen LogP contribution < -0.4 is 138 Å². The van der Waals surface area contributed by atoms with Gasteiger partial charge in [0.1, 0.15) is 8.62 Å². The van der Waals surface area contributed by atoms with E-state index in [1.54, 1.807) is 0 Å². The van der Waals surface area contributed by atoms with E-state index in [9.17, 15) is 37.8 Å². The Morgan fingerprint density at radius 1 is 0.692 bits per heavy atom. The van der Waals surface area contributed by atoms with Crippen molar-refractivity contribution in [3.8, 4) is 0 Å². The van der Waals surface area contributed by atoms with Gasteiger partial charge in [-0.1, -0.05) is 30.3 Å². The Kier molecular flexibility index (Phi) is 50.8. The van der Waals surface area contributed by atoms with Crippen molar-refractivity contribution in [1.82, 2.24) is 0 Å². The average Bonchev–Trinajstić information content (AvgIpc) is 2.38. The maximum absolute atomic E-state index is 9.24. The van der Waals surface area contributed by atoms with Crippen LogP contribution in [0.4, 0.5) is 0 Å². The van der Waals surface area contributed by atoms with Crippen molar-refractivity contribution >= 4 is 33.0 Å². The summed E-state index contributed by atoms with van der Waals surface area (Å²) < 4.78 is 43.3. The molecule has 0 fully saturated rings. The van der Waals surface area contributed by atoms with E-state index in [4.69, 9.17) is 5.11 Å². The van der Waals surface area contributed by atoms with Gasteiger partial charge >= 0.3 is 151 Å². The second kappa shape index (κ2) is 30.5. The Labute approximate surface area is 241 Å². The standard InChI is InChI=1S/C7H8O.4Na.2O5P2/c8-6-7-4-2-1-3-5-7;;;;;2*1-6(2)5-7(3)4/h1-5,8H,6H2;;;;;;/q;4*+1;;. The molecule has 4 atom stereocenters. The molecule has 0 saturated carbocycles. The molecule has 0 aliphatic carbocycles. The summed E-state index contributed by atoms with van der Waals surface area (Å²) in [6.07, 6.45) is 0. The van der Waals surface area contributed by atoms with Gasteiger partial charge in [0, 0.05) is 0 Å². The van der Waals surface area contributed by atoms with Gasteiger partial charge in [0.05, 0.1) is 6.61 Å². The minimum atomic E-state index is -3.24. The molecule has 1 aromatic carbocycles. The van der Waals surface area contributed by atoms with Crippen LogP contribution in [-0.2, 0) is 33.5 Å². The number of rotatable bonds is 5. The summed E-state index contributed by atoms with van der Waals surface area (Å²) in [6, 6.07) is 9.52. The molecule has 26 heavy (non-hydrogen) atoms. The summed E-state index contributed by atoms with van der Waals surface area (Å²) in [4.78, 5) is 37.0. The number of benzene rings is 1. The van der Waals surface area contributed by atoms with Crippen LogP contribution in [0.3, 0.4) is 0 Å². The summed E-state index contributed by atoms with van der Waals surface area (Å²) >= 11 is 0. The van der Waals surface area contributed by atoms with Gasteiger partial charge in [0.25, 0.3) is 0 Å². The molecular weight excluding hydrogens is 476 g/mol. The fourth-order valence-electron chi connectivity index (χ4n) is 0.692. The Morgan fingerprint density at radius 2 is 0.962 bits per heavy atom. The van der Waals surface area contributed by atoms with Gasteiger partial charge in [-0.2, -0.15) is 0 Å². The van der Waals surface area contributed by atoms with Gasteiger partial charge in [-0.3, -0.25) is 0 Å². The van der Waals surface area contributed by atoms with E-state index in [1.165, 1.54) is 0 Å². The Balaban J connectivity index is -0.0000000538. The van der Waals surface area contributed by atoms with Crippen LogP contribution in [0.15, 0.2) is 30.3 Å².